The van der Waals surface area contributed by atoms with E-state index >= 15 is 0 Å². The van der Waals surface area contributed by atoms with E-state index < -0.39 is 0 Å². The zero-order valence-corrected chi connectivity index (χ0v) is 13.1. The molecule has 0 aliphatic heterocycles. The van der Waals surface area contributed by atoms with Gasteiger partial charge in [-0.15, -0.1) is 0 Å². The molecule has 0 saturated heterocycles. The number of hydrogen-bond acceptors (Lipinski definition) is 0. The zero-order chi connectivity index (χ0) is 13.1. The van der Waals surface area contributed by atoms with Gasteiger partial charge in [0.25, 0.3) is 0 Å². The Balaban J connectivity index is 0. The van der Waals surface area contributed by atoms with Crippen molar-refractivity contribution in [2.45, 2.75) is 81.1 Å². The first kappa shape index (κ1) is 18.4. The summed E-state index contributed by atoms with van der Waals surface area (Å²) in [6.07, 6.45) is 5.26. The van der Waals surface area contributed by atoms with Crippen molar-refractivity contribution in [2.75, 3.05) is 0 Å². The maximum absolute atomic E-state index is 2.44. The van der Waals surface area contributed by atoms with Crippen LogP contribution < -0.4 is 0 Å². The van der Waals surface area contributed by atoms with Crippen molar-refractivity contribution in [1.82, 2.24) is 0 Å². The maximum atomic E-state index is 2.44. The van der Waals surface area contributed by atoms with E-state index in [1.165, 1.54) is 25.7 Å². The third kappa shape index (κ3) is 7.30. The van der Waals surface area contributed by atoms with E-state index in [4.69, 9.17) is 0 Å². The fourth-order valence-electron chi connectivity index (χ4n) is 2.39. The fraction of sp³-hybridized carbons (Fsp3) is 1.00. The Labute approximate surface area is 105 Å². The Morgan fingerprint density at radius 2 is 1.00 bits per heavy atom. The Kier molecular flexibility index (Phi) is 13.2. The standard InChI is InChI=1S/C13H28.C3H8/c1-7-10(4)12(6)13(9-3)11(5)8-2;1-3-2/h10-13H,7-9H2,1-6H3;3H2,1-2H3. The highest BCUT2D eigenvalue weighted by Gasteiger charge is 2.23. The first-order chi connectivity index (χ1) is 7.49. The summed E-state index contributed by atoms with van der Waals surface area (Å²) in [6, 6.07) is 0. The summed E-state index contributed by atoms with van der Waals surface area (Å²) in [5.74, 6) is 3.61. The van der Waals surface area contributed by atoms with Gasteiger partial charge in [0.15, 0.2) is 0 Å². The van der Waals surface area contributed by atoms with Crippen LogP contribution in [0, 0.1) is 23.7 Å². The summed E-state index contributed by atoms with van der Waals surface area (Å²) in [7, 11) is 0. The van der Waals surface area contributed by atoms with Crippen LogP contribution in [-0.4, -0.2) is 0 Å². The van der Waals surface area contributed by atoms with Crippen LogP contribution in [0.3, 0.4) is 0 Å². The van der Waals surface area contributed by atoms with E-state index in [9.17, 15) is 0 Å². The molecule has 0 fully saturated rings. The van der Waals surface area contributed by atoms with Crippen LogP contribution in [0.15, 0.2) is 0 Å². The molecule has 0 nitrogen and oxygen atoms in total. The first-order valence-corrected chi connectivity index (χ1v) is 7.49. The molecule has 0 rings (SSSR count). The molecule has 0 aliphatic rings. The Morgan fingerprint density at radius 3 is 1.25 bits per heavy atom. The summed E-state index contributed by atoms with van der Waals surface area (Å²) in [6.45, 7) is 18.5. The van der Waals surface area contributed by atoms with Crippen molar-refractivity contribution in [2.24, 2.45) is 23.7 Å². The van der Waals surface area contributed by atoms with Crippen molar-refractivity contribution < 1.29 is 0 Å². The van der Waals surface area contributed by atoms with Crippen LogP contribution >= 0.6 is 0 Å². The quantitative estimate of drug-likeness (QED) is 0.511. The molecule has 0 bridgehead atoms. The molecule has 100 valence electrons. The lowest BCUT2D eigenvalue weighted by Gasteiger charge is -2.31. The predicted molar refractivity (Wildman–Crippen MR) is 77.8 cm³/mol. The predicted octanol–water partition coefficient (Wildman–Crippen LogP) is 6.16. The van der Waals surface area contributed by atoms with Gasteiger partial charge in [-0.1, -0.05) is 81.1 Å². The average molecular weight is 228 g/mol. The highest BCUT2D eigenvalue weighted by Crippen LogP contribution is 2.32. The molecule has 0 saturated carbocycles. The summed E-state index contributed by atoms with van der Waals surface area (Å²) in [4.78, 5) is 0. The molecule has 0 heteroatoms. The van der Waals surface area contributed by atoms with Crippen LogP contribution in [0.1, 0.15) is 81.1 Å². The van der Waals surface area contributed by atoms with Gasteiger partial charge >= 0.3 is 0 Å². The third-order valence-corrected chi connectivity index (χ3v) is 4.06. The molecule has 0 spiro atoms. The van der Waals surface area contributed by atoms with Crippen molar-refractivity contribution in [3.63, 3.8) is 0 Å². The molecule has 0 aromatic carbocycles. The second-order valence-electron chi connectivity index (χ2n) is 5.41. The highest BCUT2D eigenvalue weighted by molar-refractivity contribution is 4.73. The van der Waals surface area contributed by atoms with Gasteiger partial charge in [-0.2, -0.15) is 0 Å². The normalized spacial score (nSPS) is 18.0. The molecule has 0 heterocycles. The van der Waals surface area contributed by atoms with Gasteiger partial charge in [-0.25, -0.2) is 0 Å². The second-order valence-corrected chi connectivity index (χ2v) is 5.41. The summed E-state index contributed by atoms with van der Waals surface area (Å²) >= 11 is 0. The van der Waals surface area contributed by atoms with Crippen molar-refractivity contribution >= 4 is 0 Å². The van der Waals surface area contributed by atoms with Crippen LogP contribution in [0.4, 0.5) is 0 Å². The summed E-state index contributed by atoms with van der Waals surface area (Å²) < 4.78 is 0. The SMILES string of the molecule is CCC.CCC(C)C(C)C(CC)C(C)CC. The minimum absolute atomic E-state index is 0.888. The maximum Gasteiger partial charge on any atom is -0.0363 e. The van der Waals surface area contributed by atoms with Crippen molar-refractivity contribution in [3.05, 3.63) is 0 Å². The average Bonchev–Trinajstić information content (AvgIpc) is 2.29. The summed E-state index contributed by atoms with van der Waals surface area (Å²) in [5, 5.41) is 0. The summed E-state index contributed by atoms with van der Waals surface area (Å²) in [5.41, 5.74) is 0. The molecule has 16 heavy (non-hydrogen) atoms. The van der Waals surface area contributed by atoms with Gasteiger partial charge in [0.05, 0.1) is 0 Å². The third-order valence-electron chi connectivity index (χ3n) is 4.06. The Morgan fingerprint density at radius 1 is 0.625 bits per heavy atom. The smallest absolute Gasteiger partial charge is 0.0363 e. The van der Waals surface area contributed by atoms with Gasteiger partial charge in [0, 0.05) is 0 Å². The molecule has 0 aromatic rings. The van der Waals surface area contributed by atoms with E-state index in [1.54, 1.807) is 0 Å². The molecule has 0 aromatic heterocycles. The molecule has 4 unspecified atom stereocenters. The van der Waals surface area contributed by atoms with Gasteiger partial charge in [0.1, 0.15) is 0 Å². The number of hydrogen-bond donors (Lipinski definition) is 0. The minimum atomic E-state index is 0.888. The van der Waals surface area contributed by atoms with Gasteiger partial charge < -0.3 is 0 Å². The first-order valence-electron chi connectivity index (χ1n) is 7.49. The second kappa shape index (κ2) is 11.5. The van der Waals surface area contributed by atoms with Crippen LogP contribution in [-0.2, 0) is 0 Å². The van der Waals surface area contributed by atoms with Crippen LogP contribution in [0.25, 0.3) is 0 Å². The molecule has 0 aliphatic carbocycles. The lowest BCUT2D eigenvalue weighted by Crippen LogP contribution is -2.23. The Bertz CT molecular complexity index is 128. The topological polar surface area (TPSA) is 0 Å². The Hall–Kier alpha value is 0. The lowest BCUT2D eigenvalue weighted by atomic mass is 9.74. The van der Waals surface area contributed by atoms with E-state index in [-0.39, 0.29) is 0 Å². The van der Waals surface area contributed by atoms with Crippen molar-refractivity contribution in [1.29, 1.82) is 0 Å². The largest absolute Gasteiger partial charge is 0.0656 e. The monoisotopic (exact) mass is 228 g/mol. The molecule has 4 atom stereocenters. The van der Waals surface area contributed by atoms with Crippen molar-refractivity contribution in [3.8, 4) is 0 Å². The number of rotatable bonds is 6. The van der Waals surface area contributed by atoms with Crippen LogP contribution in [0.5, 0.6) is 0 Å². The highest BCUT2D eigenvalue weighted by atomic mass is 14.3. The fourth-order valence-corrected chi connectivity index (χ4v) is 2.39. The lowest BCUT2D eigenvalue weighted by molar-refractivity contribution is 0.181. The molecule has 0 amide bonds. The van der Waals surface area contributed by atoms with Gasteiger partial charge in [0.2, 0.25) is 0 Å². The van der Waals surface area contributed by atoms with Crippen LogP contribution in [0.2, 0.25) is 0 Å². The van der Waals surface area contributed by atoms with Gasteiger partial charge in [-0.3, -0.25) is 0 Å². The molecule has 0 N–H and O–H groups in total. The molecular formula is C16H36. The zero-order valence-electron chi connectivity index (χ0n) is 13.1. The van der Waals surface area contributed by atoms with E-state index in [2.05, 4.69) is 55.4 Å². The van der Waals surface area contributed by atoms with E-state index in [0.717, 1.165) is 23.7 Å². The minimum Gasteiger partial charge on any atom is -0.0656 e. The van der Waals surface area contributed by atoms with E-state index in [1.807, 2.05) is 0 Å². The van der Waals surface area contributed by atoms with Gasteiger partial charge in [-0.05, 0) is 23.7 Å². The molecular weight excluding hydrogens is 192 g/mol. The van der Waals surface area contributed by atoms with E-state index in [0.29, 0.717) is 0 Å². The molecule has 0 radical (unpaired) electrons.